The van der Waals surface area contributed by atoms with Gasteiger partial charge in [0.15, 0.2) is 5.82 Å². The second-order valence-corrected chi connectivity index (χ2v) is 7.42. The Labute approximate surface area is 150 Å². The highest BCUT2D eigenvalue weighted by Gasteiger charge is 2.30. The zero-order chi connectivity index (χ0) is 17.8. The van der Waals surface area contributed by atoms with Crippen LogP contribution < -0.4 is 5.32 Å². The number of hydrogen-bond donors (Lipinski definition) is 1. The predicted octanol–water partition coefficient (Wildman–Crippen LogP) is 2.62. The summed E-state index contributed by atoms with van der Waals surface area (Å²) in [6.07, 6.45) is 7.01. The van der Waals surface area contributed by atoms with Crippen LogP contribution in [0.5, 0.6) is 0 Å². The summed E-state index contributed by atoms with van der Waals surface area (Å²) in [5.41, 5.74) is 1.40. The molecule has 1 fully saturated rings. The van der Waals surface area contributed by atoms with Gasteiger partial charge in [-0.25, -0.2) is 4.98 Å². The third-order valence-electron chi connectivity index (χ3n) is 5.41. The third-order valence-corrected chi connectivity index (χ3v) is 5.41. The number of nitrogens with zero attached hydrogens (tertiary/aromatic N) is 3. The lowest BCUT2D eigenvalue weighted by molar-refractivity contribution is 0.0678. The average molecular weight is 346 g/mol. The van der Waals surface area contributed by atoms with E-state index in [0.717, 1.165) is 70.3 Å². The van der Waals surface area contributed by atoms with Gasteiger partial charge in [-0.05, 0) is 44.4 Å². The second kappa shape index (κ2) is 8.02. The van der Waals surface area contributed by atoms with E-state index in [2.05, 4.69) is 24.1 Å². The number of hydrogen-bond acceptors (Lipinski definition) is 3. The third kappa shape index (κ3) is 3.88. The van der Waals surface area contributed by atoms with Crippen molar-refractivity contribution in [3.8, 4) is 0 Å². The molecule has 0 radical (unpaired) electrons. The maximum absolute atomic E-state index is 13.0. The Hall–Kier alpha value is -1.85. The molecular weight excluding hydrogens is 316 g/mol. The molecule has 1 N–H and O–H groups in total. The fraction of sp³-hybridized carbons (Fsp3) is 0.737. The summed E-state index contributed by atoms with van der Waals surface area (Å²) in [4.78, 5) is 32.0. The molecule has 0 spiro atoms. The van der Waals surface area contributed by atoms with Crippen molar-refractivity contribution in [1.82, 2.24) is 19.8 Å². The van der Waals surface area contributed by atoms with Crippen LogP contribution in [-0.4, -0.2) is 45.9 Å². The SMILES string of the molecule is CCCCNC(=O)c1nc(C(=O)N2CCC(C)CC2)n2c1CCCC2. The molecule has 0 unspecified atom stereocenters. The quantitative estimate of drug-likeness (QED) is 0.834. The number of carbonyl (C=O) groups excluding carboxylic acids is 2. The van der Waals surface area contributed by atoms with E-state index in [1.165, 1.54) is 0 Å². The topological polar surface area (TPSA) is 67.2 Å². The number of nitrogens with one attached hydrogen (secondary N) is 1. The number of amides is 2. The highest BCUT2D eigenvalue weighted by Crippen LogP contribution is 2.24. The van der Waals surface area contributed by atoms with Gasteiger partial charge in [-0.1, -0.05) is 20.3 Å². The minimum Gasteiger partial charge on any atom is -0.351 e. The van der Waals surface area contributed by atoms with Gasteiger partial charge in [0, 0.05) is 26.2 Å². The molecule has 6 heteroatoms. The minimum absolute atomic E-state index is 0.0114. The summed E-state index contributed by atoms with van der Waals surface area (Å²) >= 11 is 0. The van der Waals surface area contributed by atoms with E-state index < -0.39 is 0 Å². The van der Waals surface area contributed by atoms with Crippen LogP contribution in [-0.2, 0) is 13.0 Å². The highest BCUT2D eigenvalue weighted by atomic mass is 16.2. The molecule has 2 amide bonds. The molecule has 2 aliphatic rings. The first-order valence-corrected chi connectivity index (χ1v) is 9.78. The molecule has 0 aliphatic carbocycles. The molecule has 1 aromatic rings. The van der Waals surface area contributed by atoms with Gasteiger partial charge >= 0.3 is 0 Å². The lowest BCUT2D eigenvalue weighted by Crippen LogP contribution is -2.39. The Bertz CT molecular complexity index is 630. The summed E-state index contributed by atoms with van der Waals surface area (Å²) in [5.74, 6) is 0.996. The molecule has 3 rings (SSSR count). The Balaban J connectivity index is 1.82. The molecule has 25 heavy (non-hydrogen) atoms. The summed E-state index contributed by atoms with van der Waals surface area (Å²) in [6.45, 7) is 7.37. The fourth-order valence-corrected chi connectivity index (χ4v) is 3.70. The van der Waals surface area contributed by atoms with Crippen molar-refractivity contribution in [3.63, 3.8) is 0 Å². The van der Waals surface area contributed by atoms with Gasteiger partial charge in [-0.2, -0.15) is 0 Å². The van der Waals surface area contributed by atoms with Crippen LogP contribution in [0.25, 0.3) is 0 Å². The molecule has 1 saturated heterocycles. The van der Waals surface area contributed by atoms with Gasteiger partial charge in [0.1, 0.15) is 5.69 Å². The van der Waals surface area contributed by atoms with Gasteiger partial charge in [-0.15, -0.1) is 0 Å². The number of likely N-dealkylation sites (tertiary alicyclic amines) is 1. The van der Waals surface area contributed by atoms with Crippen LogP contribution >= 0.6 is 0 Å². The zero-order valence-electron chi connectivity index (χ0n) is 15.5. The van der Waals surface area contributed by atoms with E-state index in [1.807, 2.05) is 9.47 Å². The predicted molar refractivity (Wildman–Crippen MR) is 96.7 cm³/mol. The molecule has 138 valence electrons. The summed E-state index contributed by atoms with van der Waals surface area (Å²) in [7, 11) is 0. The van der Waals surface area contributed by atoms with Crippen molar-refractivity contribution in [2.24, 2.45) is 5.92 Å². The fourth-order valence-electron chi connectivity index (χ4n) is 3.70. The summed E-state index contributed by atoms with van der Waals surface area (Å²) < 4.78 is 2.00. The van der Waals surface area contributed by atoms with Crippen molar-refractivity contribution in [2.45, 2.75) is 65.3 Å². The first kappa shape index (κ1) is 18.0. The number of aromatic nitrogens is 2. The summed E-state index contributed by atoms with van der Waals surface area (Å²) in [6, 6.07) is 0. The molecule has 0 aromatic carbocycles. The Morgan fingerprint density at radius 1 is 1.20 bits per heavy atom. The van der Waals surface area contributed by atoms with Crippen molar-refractivity contribution in [1.29, 1.82) is 0 Å². The summed E-state index contributed by atoms with van der Waals surface area (Å²) in [5, 5.41) is 2.95. The minimum atomic E-state index is -0.134. The van der Waals surface area contributed by atoms with Crippen LogP contribution in [0.15, 0.2) is 0 Å². The average Bonchev–Trinajstić information content (AvgIpc) is 3.02. The van der Waals surface area contributed by atoms with Gasteiger partial charge in [-0.3, -0.25) is 9.59 Å². The van der Waals surface area contributed by atoms with Crippen LogP contribution in [0, 0.1) is 5.92 Å². The maximum Gasteiger partial charge on any atom is 0.289 e. The molecular formula is C19H30N4O2. The second-order valence-electron chi connectivity index (χ2n) is 7.42. The van der Waals surface area contributed by atoms with Crippen molar-refractivity contribution < 1.29 is 9.59 Å². The molecule has 2 aliphatic heterocycles. The first-order chi connectivity index (χ1) is 12.1. The maximum atomic E-state index is 13.0. The number of unbranched alkanes of at least 4 members (excludes halogenated alkanes) is 1. The van der Waals surface area contributed by atoms with Gasteiger partial charge in [0.2, 0.25) is 0 Å². The molecule has 6 nitrogen and oxygen atoms in total. The van der Waals surface area contributed by atoms with Crippen LogP contribution in [0.4, 0.5) is 0 Å². The normalized spacial score (nSPS) is 18.1. The van der Waals surface area contributed by atoms with Gasteiger partial charge in [0.25, 0.3) is 11.8 Å². The number of imidazole rings is 1. The van der Waals surface area contributed by atoms with Crippen LogP contribution in [0.2, 0.25) is 0 Å². The lowest BCUT2D eigenvalue weighted by Gasteiger charge is -2.30. The largest absolute Gasteiger partial charge is 0.351 e. The Morgan fingerprint density at radius 2 is 1.96 bits per heavy atom. The van der Waals surface area contributed by atoms with Crippen LogP contribution in [0.1, 0.15) is 79.2 Å². The molecule has 0 bridgehead atoms. The van der Waals surface area contributed by atoms with E-state index in [-0.39, 0.29) is 11.8 Å². The van der Waals surface area contributed by atoms with E-state index in [1.54, 1.807) is 0 Å². The number of piperidine rings is 1. The van der Waals surface area contributed by atoms with Crippen molar-refractivity contribution >= 4 is 11.8 Å². The molecule has 0 atom stereocenters. The standard InChI is InChI=1S/C19H30N4O2/c1-3-4-10-20-18(24)16-15-7-5-6-11-23(15)17(21-16)19(25)22-12-8-14(2)9-13-22/h14H,3-13H2,1-2H3,(H,20,24). The van der Waals surface area contributed by atoms with E-state index in [0.29, 0.717) is 24.0 Å². The molecule has 3 heterocycles. The van der Waals surface area contributed by atoms with E-state index in [4.69, 9.17) is 0 Å². The lowest BCUT2D eigenvalue weighted by atomic mass is 9.99. The smallest absolute Gasteiger partial charge is 0.289 e. The zero-order valence-corrected chi connectivity index (χ0v) is 15.5. The Kier molecular flexibility index (Phi) is 5.76. The molecule has 1 aromatic heterocycles. The number of fused-ring (bicyclic) bond motifs is 1. The van der Waals surface area contributed by atoms with E-state index in [9.17, 15) is 9.59 Å². The Morgan fingerprint density at radius 3 is 2.68 bits per heavy atom. The highest BCUT2D eigenvalue weighted by molar-refractivity contribution is 5.97. The van der Waals surface area contributed by atoms with Crippen molar-refractivity contribution in [3.05, 3.63) is 17.2 Å². The van der Waals surface area contributed by atoms with Gasteiger partial charge in [0.05, 0.1) is 5.69 Å². The molecule has 0 saturated carbocycles. The van der Waals surface area contributed by atoms with Crippen LogP contribution in [0.3, 0.4) is 0 Å². The first-order valence-electron chi connectivity index (χ1n) is 9.78. The number of rotatable bonds is 5. The van der Waals surface area contributed by atoms with E-state index >= 15 is 0 Å². The monoisotopic (exact) mass is 346 g/mol. The van der Waals surface area contributed by atoms with Crippen molar-refractivity contribution in [2.75, 3.05) is 19.6 Å². The number of carbonyl (C=O) groups is 2. The van der Waals surface area contributed by atoms with Gasteiger partial charge < -0.3 is 14.8 Å².